The van der Waals surface area contributed by atoms with Gasteiger partial charge in [-0.15, -0.1) is 0 Å². The number of likely N-dealkylation sites (tertiary alicyclic amines) is 1. The molecule has 0 spiro atoms. The smallest absolute Gasteiger partial charge is 0.410 e. The Kier molecular flexibility index (Phi) is 4.64. The highest BCUT2D eigenvalue weighted by atomic mass is 16.6. The monoisotopic (exact) mass is 239 g/mol. The van der Waals surface area contributed by atoms with E-state index in [0.717, 1.165) is 25.6 Å². The minimum absolute atomic E-state index is 0.250. The first-order chi connectivity index (χ1) is 7.92. The molecule has 0 aromatic rings. The zero-order valence-electron chi connectivity index (χ0n) is 10.8. The van der Waals surface area contributed by atoms with E-state index in [1.807, 2.05) is 20.8 Å². The zero-order chi connectivity index (χ0) is 12.9. The molecule has 1 heterocycles. The topological polar surface area (TPSA) is 49.8 Å². The van der Waals surface area contributed by atoms with E-state index in [2.05, 4.69) is 5.73 Å². The summed E-state index contributed by atoms with van der Waals surface area (Å²) in [5.41, 5.74) is 2.20. The summed E-state index contributed by atoms with van der Waals surface area (Å²) in [6, 6.07) is 0. The van der Waals surface area contributed by atoms with Gasteiger partial charge in [0.2, 0.25) is 0 Å². The summed E-state index contributed by atoms with van der Waals surface area (Å²) in [6.07, 6.45) is 4.40. The van der Waals surface area contributed by atoms with E-state index >= 15 is 0 Å². The molecule has 1 atom stereocenters. The van der Waals surface area contributed by atoms with Crippen molar-refractivity contribution < 1.29 is 14.6 Å². The van der Waals surface area contributed by atoms with Gasteiger partial charge in [0.05, 0.1) is 0 Å². The van der Waals surface area contributed by atoms with Crippen molar-refractivity contribution in [1.82, 2.24) is 4.90 Å². The third kappa shape index (κ3) is 4.96. The van der Waals surface area contributed by atoms with Crippen LogP contribution in [0.25, 0.3) is 0 Å². The van der Waals surface area contributed by atoms with Crippen molar-refractivity contribution in [3.63, 3.8) is 0 Å². The van der Waals surface area contributed by atoms with Crippen molar-refractivity contribution in [3.8, 4) is 0 Å². The van der Waals surface area contributed by atoms with E-state index in [0.29, 0.717) is 6.54 Å². The summed E-state index contributed by atoms with van der Waals surface area (Å²) in [5.74, 6) is 0.250. The Morgan fingerprint density at radius 3 is 2.82 bits per heavy atom. The molecule has 0 aromatic heterocycles. The molecule has 4 heteroatoms. The molecule has 96 valence electrons. The zero-order valence-corrected chi connectivity index (χ0v) is 10.8. The quantitative estimate of drug-likeness (QED) is 0.565. The summed E-state index contributed by atoms with van der Waals surface area (Å²) >= 11 is 0. The second-order valence-corrected chi connectivity index (χ2v) is 5.29. The predicted molar refractivity (Wildman–Crippen MR) is 65.8 cm³/mol. The van der Waals surface area contributed by atoms with Crippen molar-refractivity contribution in [2.45, 2.75) is 39.2 Å². The van der Waals surface area contributed by atoms with E-state index in [1.54, 1.807) is 11.0 Å². The van der Waals surface area contributed by atoms with Crippen LogP contribution in [-0.2, 0) is 4.74 Å². The third-order valence-corrected chi connectivity index (χ3v) is 2.52. The summed E-state index contributed by atoms with van der Waals surface area (Å²) in [5, 5.41) is 8.55. The first-order valence-corrected chi connectivity index (χ1v) is 5.95. The average molecular weight is 239 g/mol. The van der Waals surface area contributed by atoms with Gasteiger partial charge in [0.25, 0.3) is 0 Å². The fraction of sp³-hybridized carbons (Fsp3) is 0.692. The van der Waals surface area contributed by atoms with Crippen LogP contribution in [0.2, 0.25) is 0 Å². The number of piperidine rings is 1. The Morgan fingerprint density at radius 2 is 2.24 bits per heavy atom. The largest absolute Gasteiger partial charge is 0.507 e. The highest BCUT2D eigenvalue weighted by Crippen LogP contribution is 2.19. The van der Waals surface area contributed by atoms with Crippen molar-refractivity contribution >= 4 is 6.09 Å². The fourth-order valence-corrected chi connectivity index (χ4v) is 1.82. The van der Waals surface area contributed by atoms with Gasteiger partial charge in [0.15, 0.2) is 0 Å². The highest BCUT2D eigenvalue weighted by Gasteiger charge is 2.26. The van der Waals surface area contributed by atoms with Gasteiger partial charge in [0.1, 0.15) is 11.9 Å². The molecule has 1 fully saturated rings. The van der Waals surface area contributed by atoms with Crippen molar-refractivity contribution in [3.05, 3.63) is 18.1 Å². The Labute approximate surface area is 103 Å². The predicted octanol–water partition coefficient (Wildman–Crippen LogP) is 2.86. The molecule has 1 amide bonds. The summed E-state index contributed by atoms with van der Waals surface area (Å²) < 4.78 is 5.33. The van der Waals surface area contributed by atoms with Crippen LogP contribution in [0.15, 0.2) is 18.1 Å². The average Bonchev–Trinajstić information content (AvgIpc) is 2.24. The van der Waals surface area contributed by atoms with Crippen LogP contribution in [0.4, 0.5) is 4.79 Å². The molecule has 0 aromatic carbocycles. The minimum atomic E-state index is -0.454. The molecule has 0 aliphatic carbocycles. The molecule has 0 saturated carbocycles. The molecule has 17 heavy (non-hydrogen) atoms. The molecule has 1 saturated heterocycles. The molecule has 1 aliphatic rings. The Balaban J connectivity index is 2.54. The van der Waals surface area contributed by atoms with Crippen LogP contribution in [0.3, 0.4) is 0 Å². The number of amides is 1. The number of carbonyl (C=O) groups is 1. The Bertz CT molecular complexity index is 324. The molecule has 4 nitrogen and oxygen atoms in total. The van der Waals surface area contributed by atoms with Crippen molar-refractivity contribution in [1.29, 1.82) is 0 Å². The molecule has 0 unspecified atom stereocenters. The molecule has 0 radical (unpaired) electrons. The normalized spacial score (nSPS) is 20.4. The third-order valence-electron chi connectivity index (χ3n) is 2.52. The lowest BCUT2D eigenvalue weighted by atomic mass is 9.98. The Morgan fingerprint density at radius 1 is 1.53 bits per heavy atom. The number of carbonyl (C=O) groups excluding carboxylic acids is 1. The van der Waals surface area contributed by atoms with Crippen LogP contribution in [0, 0.1) is 5.92 Å². The second kappa shape index (κ2) is 5.78. The SMILES string of the molecule is CC(C)(C)OC(=O)N1CCC[C@H](C=C=CO)C1. The van der Waals surface area contributed by atoms with Gasteiger partial charge in [-0.25, -0.2) is 4.79 Å². The molecular weight excluding hydrogens is 218 g/mol. The van der Waals surface area contributed by atoms with Gasteiger partial charge < -0.3 is 14.7 Å². The maximum absolute atomic E-state index is 11.8. The van der Waals surface area contributed by atoms with E-state index in [-0.39, 0.29) is 12.0 Å². The van der Waals surface area contributed by atoms with Crippen molar-refractivity contribution in [2.24, 2.45) is 5.92 Å². The Hall–Kier alpha value is -1.41. The second-order valence-electron chi connectivity index (χ2n) is 5.29. The number of rotatable bonds is 1. The number of nitrogens with zero attached hydrogens (tertiary/aromatic N) is 1. The summed E-state index contributed by atoms with van der Waals surface area (Å²) in [4.78, 5) is 13.6. The maximum Gasteiger partial charge on any atom is 0.410 e. The van der Waals surface area contributed by atoms with Crippen LogP contribution < -0.4 is 0 Å². The van der Waals surface area contributed by atoms with E-state index in [4.69, 9.17) is 9.84 Å². The van der Waals surface area contributed by atoms with Crippen LogP contribution in [0.1, 0.15) is 33.6 Å². The number of ether oxygens (including phenoxy) is 1. The van der Waals surface area contributed by atoms with Gasteiger partial charge in [-0.05, 0) is 39.7 Å². The fourth-order valence-electron chi connectivity index (χ4n) is 1.82. The number of aliphatic hydroxyl groups excluding tert-OH is 1. The first-order valence-electron chi connectivity index (χ1n) is 5.95. The standard InChI is InChI=1S/C13H21NO3/c1-13(2,3)17-12(16)14-8-4-6-11(10-14)7-5-9-15/h7,9,11,15H,4,6,8,10H2,1-3H3/t5?,11-/m1/s1. The maximum atomic E-state index is 11.8. The van der Waals surface area contributed by atoms with E-state index in [1.165, 1.54) is 0 Å². The first kappa shape index (κ1) is 13.7. The van der Waals surface area contributed by atoms with Crippen LogP contribution >= 0.6 is 0 Å². The molecule has 1 aliphatic heterocycles. The van der Waals surface area contributed by atoms with Crippen LogP contribution in [0.5, 0.6) is 0 Å². The lowest BCUT2D eigenvalue weighted by Crippen LogP contribution is -2.42. The number of hydrogen-bond donors (Lipinski definition) is 1. The minimum Gasteiger partial charge on any atom is -0.507 e. The van der Waals surface area contributed by atoms with Gasteiger partial charge >= 0.3 is 6.09 Å². The van der Waals surface area contributed by atoms with Gasteiger partial charge in [-0.3, -0.25) is 0 Å². The number of aliphatic hydroxyl groups is 1. The molecule has 0 bridgehead atoms. The van der Waals surface area contributed by atoms with E-state index in [9.17, 15) is 4.79 Å². The summed E-state index contributed by atoms with van der Waals surface area (Å²) in [6.45, 7) is 6.96. The lowest BCUT2D eigenvalue weighted by Gasteiger charge is -2.32. The van der Waals surface area contributed by atoms with Crippen LogP contribution in [-0.4, -0.2) is 34.8 Å². The van der Waals surface area contributed by atoms with Gasteiger partial charge in [-0.1, -0.05) is 5.73 Å². The highest BCUT2D eigenvalue weighted by molar-refractivity contribution is 5.68. The lowest BCUT2D eigenvalue weighted by molar-refractivity contribution is 0.0187. The van der Waals surface area contributed by atoms with E-state index < -0.39 is 5.60 Å². The van der Waals surface area contributed by atoms with Crippen molar-refractivity contribution in [2.75, 3.05) is 13.1 Å². The molecular formula is C13H21NO3. The summed E-state index contributed by atoms with van der Waals surface area (Å²) in [7, 11) is 0. The van der Waals surface area contributed by atoms with Gasteiger partial charge in [0, 0.05) is 19.0 Å². The van der Waals surface area contributed by atoms with Gasteiger partial charge in [-0.2, -0.15) is 0 Å². The molecule has 1 N–H and O–H groups in total. The molecule has 1 rings (SSSR count). The number of hydrogen-bond acceptors (Lipinski definition) is 3.